The van der Waals surface area contributed by atoms with Crippen LogP contribution in [0.15, 0.2) is 24.3 Å². The molecule has 0 atom stereocenters. The molecule has 0 aliphatic heterocycles. The molecule has 1 heterocycles. The summed E-state index contributed by atoms with van der Waals surface area (Å²) in [5, 5.41) is 15.7. The zero-order valence-corrected chi connectivity index (χ0v) is 12.9. The third-order valence-electron chi connectivity index (χ3n) is 3.10. The fourth-order valence-corrected chi connectivity index (χ4v) is 2.53. The van der Waals surface area contributed by atoms with E-state index in [0.29, 0.717) is 17.1 Å². The molecule has 2 rings (SSSR count). The Morgan fingerprint density at radius 2 is 2.10 bits per heavy atom. The van der Waals surface area contributed by atoms with Gasteiger partial charge >= 0.3 is 0 Å². The van der Waals surface area contributed by atoms with Crippen molar-refractivity contribution in [1.29, 1.82) is 0 Å². The van der Waals surface area contributed by atoms with Crippen molar-refractivity contribution in [2.75, 3.05) is 29.9 Å². The van der Waals surface area contributed by atoms with E-state index in [9.17, 15) is 4.79 Å². The van der Waals surface area contributed by atoms with Crippen molar-refractivity contribution in [1.82, 2.24) is 9.59 Å². The van der Waals surface area contributed by atoms with Gasteiger partial charge in [0.2, 0.25) is 0 Å². The second kappa shape index (κ2) is 7.14. The molecule has 7 heteroatoms. The van der Waals surface area contributed by atoms with Crippen molar-refractivity contribution in [3.8, 4) is 0 Å². The minimum Gasteiger partial charge on any atom is -0.395 e. The van der Waals surface area contributed by atoms with E-state index in [1.54, 1.807) is 6.92 Å². The number of carbonyl (C=O) groups is 1. The summed E-state index contributed by atoms with van der Waals surface area (Å²) in [6, 6.07) is 7.53. The van der Waals surface area contributed by atoms with Crippen molar-refractivity contribution in [2.24, 2.45) is 0 Å². The maximum atomic E-state index is 12.0. The number of aliphatic hydroxyl groups excluding tert-OH is 1. The van der Waals surface area contributed by atoms with Gasteiger partial charge in [0, 0.05) is 24.5 Å². The van der Waals surface area contributed by atoms with Crippen molar-refractivity contribution in [2.45, 2.75) is 13.8 Å². The lowest BCUT2D eigenvalue weighted by molar-refractivity contribution is 0.103. The lowest BCUT2D eigenvalue weighted by atomic mass is 10.2. The van der Waals surface area contributed by atoms with Crippen LogP contribution in [0.5, 0.6) is 0 Å². The van der Waals surface area contributed by atoms with Crippen molar-refractivity contribution >= 4 is 28.8 Å². The number of aromatic nitrogens is 2. The number of hydrogen-bond donors (Lipinski definition) is 2. The summed E-state index contributed by atoms with van der Waals surface area (Å²) in [6.07, 6.45) is 0. The lowest BCUT2D eigenvalue weighted by Gasteiger charge is -2.22. The highest BCUT2D eigenvalue weighted by Crippen LogP contribution is 2.19. The standard InChI is InChI=1S/C14H18N4O2S/c1-3-18(8-9-19)12-6-4-11(5-7-12)15-14(20)13-10(2)16-17-21-13/h4-7,19H,3,8-9H2,1-2H3,(H,15,20). The Labute approximate surface area is 127 Å². The van der Waals surface area contributed by atoms with E-state index in [1.165, 1.54) is 0 Å². The number of benzene rings is 1. The maximum absolute atomic E-state index is 12.0. The minimum atomic E-state index is -0.196. The third-order valence-corrected chi connectivity index (χ3v) is 3.93. The van der Waals surface area contributed by atoms with Crippen LogP contribution in [0.25, 0.3) is 0 Å². The number of hydrogen-bond acceptors (Lipinski definition) is 6. The Kier molecular flexibility index (Phi) is 5.24. The molecule has 0 bridgehead atoms. The van der Waals surface area contributed by atoms with E-state index in [1.807, 2.05) is 31.2 Å². The molecule has 2 N–H and O–H groups in total. The van der Waals surface area contributed by atoms with Crippen molar-refractivity contribution in [3.63, 3.8) is 0 Å². The van der Waals surface area contributed by atoms with E-state index in [0.717, 1.165) is 29.5 Å². The van der Waals surface area contributed by atoms with Gasteiger partial charge in [-0.2, -0.15) is 0 Å². The third kappa shape index (κ3) is 3.77. The molecular formula is C14H18N4O2S. The summed E-state index contributed by atoms with van der Waals surface area (Å²) in [5.41, 5.74) is 2.37. The molecule has 112 valence electrons. The van der Waals surface area contributed by atoms with Crippen LogP contribution >= 0.6 is 11.5 Å². The van der Waals surface area contributed by atoms with Gasteiger partial charge in [-0.1, -0.05) is 4.49 Å². The first-order chi connectivity index (χ1) is 10.2. The Bertz CT molecular complexity index is 597. The monoisotopic (exact) mass is 306 g/mol. The highest BCUT2D eigenvalue weighted by Gasteiger charge is 2.13. The molecule has 0 spiro atoms. The van der Waals surface area contributed by atoms with Crippen LogP contribution in [0, 0.1) is 6.92 Å². The average Bonchev–Trinajstić information content (AvgIpc) is 2.92. The van der Waals surface area contributed by atoms with Gasteiger partial charge in [0.25, 0.3) is 5.91 Å². The van der Waals surface area contributed by atoms with Crippen LogP contribution in [0.3, 0.4) is 0 Å². The number of carbonyl (C=O) groups excluding carboxylic acids is 1. The fourth-order valence-electron chi connectivity index (χ4n) is 1.97. The first-order valence-electron chi connectivity index (χ1n) is 6.72. The van der Waals surface area contributed by atoms with Crippen LogP contribution in [-0.2, 0) is 0 Å². The molecule has 0 radical (unpaired) electrons. The smallest absolute Gasteiger partial charge is 0.269 e. The number of aliphatic hydroxyl groups is 1. The Balaban J connectivity index is 2.06. The highest BCUT2D eigenvalue weighted by molar-refractivity contribution is 7.08. The topological polar surface area (TPSA) is 78.4 Å². The highest BCUT2D eigenvalue weighted by atomic mass is 32.1. The van der Waals surface area contributed by atoms with E-state index in [4.69, 9.17) is 5.11 Å². The Morgan fingerprint density at radius 1 is 1.38 bits per heavy atom. The minimum absolute atomic E-state index is 0.115. The largest absolute Gasteiger partial charge is 0.395 e. The van der Waals surface area contributed by atoms with Crippen LogP contribution in [0.1, 0.15) is 22.3 Å². The second-order valence-electron chi connectivity index (χ2n) is 4.49. The lowest BCUT2D eigenvalue weighted by Crippen LogP contribution is -2.26. The molecule has 1 aromatic carbocycles. The molecule has 6 nitrogen and oxygen atoms in total. The number of rotatable bonds is 6. The fraction of sp³-hybridized carbons (Fsp3) is 0.357. The first-order valence-corrected chi connectivity index (χ1v) is 7.49. The van der Waals surface area contributed by atoms with Gasteiger partial charge in [0.05, 0.1) is 12.3 Å². The van der Waals surface area contributed by atoms with Gasteiger partial charge in [0.1, 0.15) is 4.88 Å². The van der Waals surface area contributed by atoms with E-state index < -0.39 is 0 Å². The first kappa shape index (κ1) is 15.4. The van der Waals surface area contributed by atoms with Gasteiger partial charge in [-0.05, 0) is 49.6 Å². The number of anilines is 2. The van der Waals surface area contributed by atoms with E-state index >= 15 is 0 Å². The summed E-state index contributed by atoms with van der Waals surface area (Å²) in [6.45, 7) is 5.32. The number of aryl methyl sites for hydroxylation is 1. The van der Waals surface area contributed by atoms with Crippen LogP contribution in [-0.4, -0.2) is 40.3 Å². The number of amides is 1. The summed E-state index contributed by atoms with van der Waals surface area (Å²) in [7, 11) is 0. The predicted octanol–water partition coefficient (Wildman–Crippen LogP) is 1.92. The zero-order valence-electron chi connectivity index (χ0n) is 12.0. The van der Waals surface area contributed by atoms with E-state index in [2.05, 4.69) is 19.8 Å². The maximum Gasteiger partial charge on any atom is 0.269 e. The van der Waals surface area contributed by atoms with Gasteiger partial charge < -0.3 is 15.3 Å². The zero-order chi connectivity index (χ0) is 15.2. The molecule has 0 aliphatic rings. The van der Waals surface area contributed by atoms with Crippen molar-refractivity contribution < 1.29 is 9.90 Å². The molecule has 2 aromatic rings. The molecule has 0 saturated heterocycles. The second-order valence-corrected chi connectivity index (χ2v) is 5.25. The SMILES string of the molecule is CCN(CCO)c1ccc(NC(=O)c2snnc2C)cc1. The van der Waals surface area contributed by atoms with Gasteiger partial charge in [-0.25, -0.2) is 0 Å². The average molecular weight is 306 g/mol. The van der Waals surface area contributed by atoms with Gasteiger partial charge in [0.15, 0.2) is 0 Å². The summed E-state index contributed by atoms with van der Waals surface area (Å²) in [5.74, 6) is -0.196. The summed E-state index contributed by atoms with van der Waals surface area (Å²) >= 11 is 1.09. The Hall–Kier alpha value is -1.99. The number of nitrogens with one attached hydrogen (secondary N) is 1. The molecule has 1 aromatic heterocycles. The van der Waals surface area contributed by atoms with Crippen LogP contribution in [0.4, 0.5) is 11.4 Å². The van der Waals surface area contributed by atoms with Crippen molar-refractivity contribution in [3.05, 3.63) is 34.8 Å². The van der Waals surface area contributed by atoms with E-state index in [-0.39, 0.29) is 12.5 Å². The molecule has 0 fully saturated rings. The molecule has 1 amide bonds. The summed E-state index contributed by atoms with van der Waals surface area (Å²) < 4.78 is 3.75. The Morgan fingerprint density at radius 3 is 2.62 bits per heavy atom. The molecule has 0 saturated carbocycles. The van der Waals surface area contributed by atoms with Crippen LogP contribution < -0.4 is 10.2 Å². The molecule has 0 unspecified atom stereocenters. The molecular weight excluding hydrogens is 288 g/mol. The predicted molar refractivity (Wildman–Crippen MR) is 84.0 cm³/mol. The quantitative estimate of drug-likeness (QED) is 0.852. The summed E-state index contributed by atoms with van der Waals surface area (Å²) in [4.78, 5) is 14.6. The number of nitrogens with zero attached hydrogens (tertiary/aromatic N) is 3. The molecule has 21 heavy (non-hydrogen) atoms. The van der Waals surface area contributed by atoms with Gasteiger partial charge in [-0.15, -0.1) is 5.10 Å². The number of likely N-dealkylation sites (N-methyl/N-ethyl adjacent to an activating group) is 1. The van der Waals surface area contributed by atoms with Crippen LogP contribution in [0.2, 0.25) is 0 Å². The van der Waals surface area contributed by atoms with Gasteiger partial charge in [-0.3, -0.25) is 4.79 Å². The normalized spacial score (nSPS) is 10.4. The molecule has 0 aliphatic carbocycles.